The lowest BCUT2D eigenvalue weighted by Gasteiger charge is -2.24. The summed E-state index contributed by atoms with van der Waals surface area (Å²) in [5, 5.41) is 2.30. The van der Waals surface area contributed by atoms with E-state index in [1.165, 1.54) is 19.1 Å². The highest BCUT2D eigenvalue weighted by atomic mass is 16.6. The quantitative estimate of drug-likeness (QED) is 0.0973. The summed E-state index contributed by atoms with van der Waals surface area (Å²) in [6, 6.07) is -0.891. The van der Waals surface area contributed by atoms with Crippen LogP contribution in [0.1, 0.15) is 26.2 Å². The highest BCUT2D eigenvalue weighted by Gasteiger charge is 2.51. The average molecular weight is 479 g/mol. The Labute approximate surface area is 194 Å². The van der Waals surface area contributed by atoms with Crippen LogP contribution in [-0.2, 0) is 42.9 Å². The summed E-state index contributed by atoms with van der Waals surface area (Å²) in [4.78, 5) is 75.8. The molecule has 1 amide bonds. The number of alkyl carbamates (subject to hydrolysis) is 1. The van der Waals surface area contributed by atoms with Gasteiger partial charge in [-0.15, -0.1) is 0 Å². The van der Waals surface area contributed by atoms with E-state index in [1.807, 2.05) is 0 Å². The molecule has 0 spiro atoms. The van der Waals surface area contributed by atoms with Crippen molar-refractivity contribution in [3.05, 3.63) is 24.8 Å². The zero-order chi connectivity index (χ0) is 25.6. The number of hydrogen-bond acceptors (Lipinski definition) is 12. The molecule has 1 rings (SSSR count). The van der Waals surface area contributed by atoms with E-state index in [1.54, 1.807) is 0 Å². The Balaban J connectivity index is 2.59. The predicted molar refractivity (Wildman–Crippen MR) is 113 cm³/mol. The summed E-state index contributed by atoms with van der Waals surface area (Å²) in [5.41, 5.74) is -1.54. The van der Waals surface area contributed by atoms with Gasteiger partial charge in [-0.2, -0.15) is 9.98 Å². The number of isocyanates is 2. The molecule has 0 aromatic heterocycles. The smallest absolute Gasteiger partial charge is 0.407 e. The number of nitrogens with zero attached hydrogens (tertiary/aromatic N) is 2. The first kappa shape index (κ1) is 28.0. The van der Waals surface area contributed by atoms with Gasteiger partial charge in [0.1, 0.15) is 19.8 Å². The van der Waals surface area contributed by atoms with Gasteiger partial charge in [0.15, 0.2) is 11.6 Å². The van der Waals surface area contributed by atoms with Gasteiger partial charge in [0, 0.05) is 11.6 Å². The largest absolute Gasteiger partial charge is 0.462 e. The molecule has 1 saturated carbocycles. The molecule has 1 N–H and O–H groups in total. The molecular weight excluding hydrogens is 454 g/mol. The third kappa shape index (κ3) is 8.45. The molecule has 0 heterocycles. The summed E-state index contributed by atoms with van der Waals surface area (Å²) in [5.74, 6) is -2.40. The number of nitrogens with one attached hydrogen (secondary N) is 1. The van der Waals surface area contributed by atoms with Crippen LogP contribution in [0.2, 0.25) is 0 Å². The molecule has 0 radical (unpaired) electrons. The number of rotatable bonds is 13. The van der Waals surface area contributed by atoms with Crippen LogP contribution in [0, 0.1) is 0 Å². The number of carbonyl (C=O) groups excluding carboxylic acids is 6. The fourth-order valence-electron chi connectivity index (χ4n) is 2.96. The highest BCUT2D eigenvalue weighted by Crippen LogP contribution is 2.36. The van der Waals surface area contributed by atoms with Crippen LogP contribution in [0.4, 0.5) is 4.79 Å². The molecule has 184 valence electrons. The maximum absolute atomic E-state index is 12.5. The number of ether oxygens (including phenoxy) is 4. The van der Waals surface area contributed by atoms with E-state index in [9.17, 15) is 28.8 Å². The molecule has 0 saturated heterocycles. The molecule has 3 unspecified atom stereocenters. The van der Waals surface area contributed by atoms with Gasteiger partial charge in [-0.3, -0.25) is 0 Å². The first-order valence-electron chi connectivity index (χ1n) is 10.1. The molecule has 1 aliphatic carbocycles. The summed E-state index contributed by atoms with van der Waals surface area (Å²) in [6.45, 7) is 6.74. The third-order valence-corrected chi connectivity index (χ3v) is 4.60. The van der Waals surface area contributed by atoms with E-state index >= 15 is 0 Å². The molecule has 1 aliphatic rings. The Hall–Kier alpha value is -4.08. The lowest BCUT2D eigenvalue weighted by atomic mass is 9.94. The Bertz CT molecular complexity index is 904. The van der Waals surface area contributed by atoms with E-state index in [0.717, 1.165) is 6.08 Å². The Morgan fingerprint density at radius 2 is 1.88 bits per heavy atom. The van der Waals surface area contributed by atoms with Crippen LogP contribution in [-0.4, -0.2) is 80.2 Å². The van der Waals surface area contributed by atoms with E-state index in [4.69, 9.17) is 18.9 Å². The number of aliphatic imine (C=N–C) groups is 2. The van der Waals surface area contributed by atoms with E-state index in [0.29, 0.717) is 12.8 Å². The van der Waals surface area contributed by atoms with Crippen molar-refractivity contribution in [3.8, 4) is 0 Å². The van der Waals surface area contributed by atoms with E-state index in [-0.39, 0.29) is 25.1 Å². The van der Waals surface area contributed by atoms with Crippen LogP contribution in [0.25, 0.3) is 0 Å². The number of esters is 3. The van der Waals surface area contributed by atoms with Crippen molar-refractivity contribution in [3.63, 3.8) is 0 Å². The van der Waals surface area contributed by atoms with Crippen LogP contribution < -0.4 is 5.32 Å². The van der Waals surface area contributed by atoms with Gasteiger partial charge in [-0.05, 0) is 26.2 Å². The van der Waals surface area contributed by atoms with Gasteiger partial charge in [0.25, 0.3) is 0 Å². The third-order valence-electron chi connectivity index (χ3n) is 4.60. The van der Waals surface area contributed by atoms with E-state index in [2.05, 4.69) is 28.5 Å². The summed E-state index contributed by atoms with van der Waals surface area (Å²) >= 11 is 0. The summed E-state index contributed by atoms with van der Waals surface area (Å²) in [6.07, 6.45) is 2.41. The molecule has 0 bridgehead atoms. The van der Waals surface area contributed by atoms with Gasteiger partial charge >= 0.3 is 24.0 Å². The van der Waals surface area contributed by atoms with Gasteiger partial charge in [0.2, 0.25) is 12.2 Å². The number of hydrogen-bond donors (Lipinski definition) is 1. The minimum atomic E-state index is -1.66. The average Bonchev–Trinajstić information content (AvgIpc) is 3.21. The topological polar surface area (TPSA) is 176 Å². The lowest BCUT2D eigenvalue weighted by Crippen LogP contribution is -2.45. The van der Waals surface area contributed by atoms with Crippen molar-refractivity contribution in [2.75, 3.05) is 26.4 Å². The monoisotopic (exact) mass is 479 g/mol. The Morgan fingerprint density at radius 1 is 1.18 bits per heavy atom. The van der Waals surface area contributed by atoms with E-state index < -0.39 is 54.9 Å². The maximum atomic E-state index is 12.5. The summed E-state index contributed by atoms with van der Waals surface area (Å²) in [7, 11) is 0. The number of carbonyl (C=O) groups is 4. The van der Waals surface area contributed by atoms with Gasteiger partial charge in [0.05, 0.1) is 12.6 Å². The van der Waals surface area contributed by atoms with Crippen molar-refractivity contribution in [2.45, 2.75) is 43.9 Å². The second-order valence-corrected chi connectivity index (χ2v) is 7.06. The minimum Gasteiger partial charge on any atom is -0.462 e. The normalized spacial score (nSPS) is 19.3. The van der Waals surface area contributed by atoms with Crippen molar-refractivity contribution in [1.82, 2.24) is 5.32 Å². The first-order chi connectivity index (χ1) is 16.2. The predicted octanol–water partition coefficient (Wildman–Crippen LogP) is 0.436. The molecule has 13 nitrogen and oxygen atoms in total. The molecule has 0 aromatic rings. The fourth-order valence-corrected chi connectivity index (χ4v) is 2.96. The van der Waals surface area contributed by atoms with Gasteiger partial charge in [-0.1, -0.05) is 13.2 Å². The van der Waals surface area contributed by atoms with Crippen molar-refractivity contribution in [1.29, 1.82) is 0 Å². The molecule has 3 atom stereocenters. The standard InChI is InChI=1S/C21H25N3O10/c1-4-17(27)32-10-15(11-33-18(28)14(2)3)34-20(30)22-8-9-31-19(29)21(24-13-26)7-5-6-16(21)23-12-25/h4,15-16H,1-2,5-11H2,3H3,(H,22,30). The Morgan fingerprint density at radius 3 is 2.50 bits per heavy atom. The number of amides is 1. The second kappa shape index (κ2) is 14.1. The molecule has 34 heavy (non-hydrogen) atoms. The lowest BCUT2D eigenvalue weighted by molar-refractivity contribution is -0.150. The summed E-state index contributed by atoms with van der Waals surface area (Å²) < 4.78 is 19.8. The maximum Gasteiger partial charge on any atom is 0.407 e. The second-order valence-electron chi connectivity index (χ2n) is 7.06. The highest BCUT2D eigenvalue weighted by molar-refractivity contribution is 5.87. The molecule has 1 fully saturated rings. The molecular formula is C21H25N3O10. The fraction of sp³-hybridized carbons (Fsp3) is 0.524. The zero-order valence-corrected chi connectivity index (χ0v) is 18.6. The minimum absolute atomic E-state index is 0.119. The van der Waals surface area contributed by atoms with Crippen LogP contribution >= 0.6 is 0 Å². The molecule has 0 aromatic carbocycles. The van der Waals surface area contributed by atoms with Crippen LogP contribution in [0.5, 0.6) is 0 Å². The zero-order valence-electron chi connectivity index (χ0n) is 18.6. The van der Waals surface area contributed by atoms with Crippen LogP contribution in [0.15, 0.2) is 34.8 Å². The van der Waals surface area contributed by atoms with Crippen molar-refractivity contribution >= 4 is 36.2 Å². The van der Waals surface area contributed by atoms with Crippen molar-refractivity contribution < 1.29 is 47.7 Å². The molecule has 0 aliphatic heterocycles. The van der Waals surface area contributed by atoms with Crippen LogP contribution in [0.3, 0.4) is 0 Å². The first-order valence-corrected chi connectivity index (χ1v) is 10.1. The van der Waals surface area contributed by atoms with Gasteiger partial charge < -0.3 is 24.3 Å². The molecule has 13 heteroatoms. The van der Waals surface area contributed by atoms with Gasteiger partial charge in [-0.25, -0.2) is 28.8 Å². The van der Waals surface area contributed by atoms with Crippen molar-refractivity contribution in [2.24, 2.45) is 9.98 Å². The Kier molecular flexibility index (Phi) is 11.6. The SMILES string of the molecule is C=CC(=O)OCC(COC(=O)C(=C)C)OC(=O)NCCOC(=O)C1(N=C=O)CCCC1N=C=O.